The van der Waals surface area contributed by atoms with Crippen LogP contribution < -0.4 is 11.1 Å². The van der Waals surface area contributed by atoms with Crippen molar-refractivity contribution >= 4 is 5.91 Å². The van der Waals surface area contributed by atoms with E-state index in [9.17, 15) is 4.79 Å². The second-order valence-corrected chi connectivity index (χ2v) is 5.20. The van der Waals surface area contributed by atoms with Crippen molar-refractivity contribution < 1.29 is 4.79 Å². The minimum atomic E-state index is -0.0254. The SMILES string of the molecule is CCC(CC)C(N)CNC(=O)c1cccc(C)c1C. The van der Waals surface area contributed by atoms with Crippen LogP contribution in [0.2, 0.25) is 0 Å². The van der Waals surface area contributed by atoms with Gasteiger partial charge in [-0.25, -0.2) is 0 Å². The zero-order chi connectivity index (χ0) is 14.4. The molecule has 0 spiro atoms. The highest BCUT2D eigenvalue weighted by molar-refractivity contribution is 5.95. The monoisotopic (exact) mass is 262 g/mol. The van der Waals surface area contributed by atoms with Crippen LogP contribution in [0.15, 0.2) is 18.2 Å². The van der Waals surface area contributed by atoms with E-state index in [1.54, 1.807) is 0 Å². The van der Waals surface area contributed by atoms with Crippen LogP contribution in [0, 0.1) is 19.8 Å². The van der Waals surface area contributed by atoms with Crippen molar-refractivity contribution in [3.05, 3.63) is 34.9 Å². The standard InChI is InChI=1S/C16H26N2O/c1-5-13(6-2)15(17)10-18-16(19)14-9-7-8-11(3)12(14)4/h7-9,13,15H,5-6,10,17H2,1-4H3,(H,18,19). The lowest BCUT2D eigenvalue weighted by Crippen LogP contribution is -2.42. The van der Waals surface area contributed by atoms with Crippen LogP contribution in [0.1, 0.15) is 48.2 Å². The van der Waals surface area contributed by atoms with Gasteiger partial charge in [0, 0.05) is 18.2 Å². The van der Waals surface area contributed by atoms with Crippen LogP contribution >= 0.6 is 0 Å². The van der Waals surface area contributed by atoms with Crippen LogP contribution in [0.5, 0.6) is 0 Å². The van der Waals surface area contributed by atoms with Gasteiger partial charge in [-0.2, -0.15) is 0 Å². The zero-order valence-electron chi connectivity index (χ0n) is 12.5. The molecule has 1 rings (SSSR count). The molecule has 3 nitrogen and oxygen atoms in total. The largest absolute Gasteiger partial charge is 0.350 e. The molecule has 1 unspecified atom stereocenters. The molecular formula is C16H26N2O. The lowest BCUT2D eigenvalue weighted by Gasteiger charge is -2.21. The first-order valence-corrected chi connectivity index (χ1v) is 7.11. The number of carbonyl (C=O) groups excluding carboxylic acids is 1. The van der Waals surface area contributed by atoms with Crippen LogP contribution in [0.25, 0.3) is 0 Å². The van der Waals surface area contributed by atoms with Crippen molar-refractivity contribution in [1.29, 1.82) is 0 Å². The molecule has 106 valence electrons. The Hall–Kier alpha value is -1.35. The molecule has 3 heteroatoms. The van der Waals surface area contributed by atoms with E-state index in [1.165, 1.54) is 0 Å². The van der Waals surface area contributed by atoms with Crippen LogP contribution in [0.3, 0.4) is 0 Å². The summed E-state index contributed by atoms with van der Waals surface area (Å²) in [5.74, 6) is 0.446. The van der Waals surface area contributed by atoms with Gasteiger partial charge in [-0.05, 0) is 37.0 Å². The molecule has 0 saturated heterocycles. The molecule has 0 aliphatic heterocycles. The summed E-state index contributed by atoms with van der Waals surface area (Å²) in [6.07, 6.45) is 2.11. The van der Waals surface area contributed by atoms with Crippen LogP contribution in [0.4, 0.5) is 0 Å². The van der Waals surface area contributed by atoms with Gasteiger partial charge in [0.05, 0.1) is 0 Å². The number of aryl methyl sites for hydroxylation is 1. The molecule has 19 heavy (non-hydrogen) atoms. The Labute approximate surface area is 116 Å². The first-order valence-electron chi connectivity index (χ1n) is 7.11. The number of nitrogens with one attached hydrogen (secondary N) is 1. The Kier molecular flexibility index (Phi) is 6.03. The highest BCUT2D eigenvalue weighted by Crippen LogP contribution is 2.13. The quantitative estimate of drug-likeness (QED) is 0.828. The minimum Gasteiger partial charge on any atom is -0.350 e. The van der Waals surface area contributed by atoms with Crippen molar-refractivity contribution in [3.8, 4) is 0 Å². The zero-order valence-corrected chi connectivity index (χ0v) is 12.5. The Morgan fingerprint density at radius 3 is 2.47 bits per heavy atom. The molecular weight excluding hydrogens is 236 g/mol. The van der Waals surface area contributed by atoms with Crippen molar-refractivity contribution in [2.45, 2.75) is 46.6 Å². The highest BCUT2D eigenvalue weighted by atomic mass is 16.1. The number of benzene rings is 1. The fourth-order valence-electron chi connectivity index (χ4n) is 2.36. The van der Waals surface area contributed by atoms with Crippen LogP contribution in [-0.4, -0.2) is 18.5 Å². The summed E-state index contributed by atoms with van der Waals surface area (Å²) in [6.45, 7) is 8.81. The van der Waals surface area contributed by atoms with Gasteiger partial charge in [0.1, 0.15) is 0 Å². The molecule has 0 aromatic heterocycles. The predicted octanol–water partition coefficient (Wildman–Crippen LogP) is 2.80. The number of hydrogen-bond acceptors (Lipinski definition) is 2. The van der Waals surface area contributed by atoms with Crippen molar-refractivity contribution in [2.75, 3.05) is 6.54 Å². The van der Waals surface area contributed by atoms with E-state index >= 15 is 0 Å². The Morgan fingerprint density at radius 1 is 1.26 bits per heavy atom. The molecule has 0 radical (unpaired) electrons. The van der Waals surface area contributed by atoms with E-state index < -0.39 is 0 Å². The number of nitrogens with two attached hydrogens (primary N) is 1. The second-order valence-electron chi connectivity index (χ2n) is 5.20. The summed E-state index contributed by atoms with van der Waals surface area (Å²) in [7, 11) is 0. The molecule has 1 aromatic rings. The third kappa shape index (κ3) is 4.06. The van der Waals surface area contributed by atoms with E-state index in [-0.39, 0.29) is 11.9 Å². The first-order chi connectivity index (χ1) is 9.01. The Balaban J connectivity index is 2.63. The Bertz CT molecular complexity index is 425. The van der Waals surface area contributed by atoms with Gasteiger partial charge in [-0.3, -0.25) is 4.79 Å². The third-order valence-electron chi connectivity index (χ3n) is 4.00. The van der Waals surface area contributed by atoms with E-state index in [1.807, 2.05) is 32.0 Å². The summed E-state index contributed by atoms with van der Waals surface area (Å²) in [6, 6.07) is 5.82. The highest BCUT2D eigenvalue weighted by Gasteiger charge is 2.16. The number of rotatable bonds is 6. The van der Waals surface area contributed by atoms with Gasteiger partial charge in [0.2, 0.25) is 0 Å². The summed E-state index contributed by atoms with van der Waals surface area (Å²) < 4.78 is 0. The molecule has 1 amide bonds. The lowest BCUT2D eigenvalue weighted by atomic mass is 9.94. The second kappa shape index (κ2) is 7.29. The summed E-state index contributed by atoms with van der Waals surface area (Å²) in [5, 5.41) is 2.95. The maximum Gasteiger partial charge on any atom is 0.251 e. The first kappa shape index (κ1) is 15.7. The maximum atomic E-state index is 12.2. The van der Waals surface area contributed by atoms with E-state index in [0.717, 1.165) is 29.5 Å². The summed E-state index contributed by atoms with van der Waals surface area (Å²) >= 11 is 0. The van der Waals surface area contributed by atoms with Gasteiger partial charge in [0.25, 0.3) is 5.91 Å². The van der Waals surface area contributed by atoms with Gasteiger partial charge in [0.15, 0.2) is 0 Å². The fourth-order valence-corrected chi connectivity index (χ4v) is 2.36. The smallest absolute Gasteiger partial charge is 0.251 e. The summed E-state index contributed by atoms with van der Waals surface area (Å²) in [5.41, 5.74) is 9.04. The molecule has 0 saturated carbocycles. The van der Waals surface area contributed by atoms with E-state index in [4.69, 9.17) is 5.73 Å². The van der Waals surface area contributed by atoms with Crippen molar-refractivity contribution in [2.24, 2.45) is 11.7 Å². The lowest BCUT2D eigenvalue weighted by molar-refractivity contribution is 0.0947. The van der Waals surface area contributed by atoms with Crippen molar-refractivity contribution in [1.82, 2.24) is 5.32 Å². The summed E-state index contributed by atoms with van der Waals surface area (Å²) in [4.78, 5) is 12.2. The molecule has 0 heterocycles. The molecule has 0 fully saturated rings. The van der Waals surface area contributed by atoms with Gasteiger partial charge in [-0.15, -0.1) is 0 Å². The van der Waals surface area contributed by atoms with Gasteiger partial charge < -0.3 is 11.1 Å². The van der Waals surface area contributed by atoms with Crippen molar-refractivity contribution in [3.63, 3.8) is 0 Å². The Morgan fingerprint density at radius 2 is 1.89 bits per heavy atom. The maximum absolute atomic E-state index is 12.2. The van der Waals surface area contributed by atoms with E-state index in [0.29, 0.717) is 12.5 Å². The number of amides is 1. The fraction of sp³-hybridized carbons (Fsp3) is 0.562. The number of hydrogen-bond donors (Lipinski definition) is 2. The molecule has 0 aliphatic rings. The van der Waals surface area contributed by atoms with Gasteiger partial charge >= 0.3 is 0 Å². The normalized spacial score (nSPS) is 12.5. The van der Waals surface area contributed by atoms with Gasteiger partial charge in [-0.1, -0.05) is 38.8 Å². The molecule has 1 aromatic carbocycles. The average Bonchev–Trinajstić information content (AvgIpc) is 2.40. The number of carbonyl (C=O) groups is 1. The molecule has 1 atom stereocenters. The predicted molar refractivity (Wildman–Crippen MR) is 80.3 cm³/mol. The minimum absolute atomic E-state index is 0.0254. The van der Waals surface area contributed by atoms with E-state index in [2.05, 4.69) is 19.2 Å². The topological polar surface area (TPSA) is 55.1 Å². The third-order valence-corrected chi connectivity index (χ3v) is 4.00. The molecule has 3 N–H and O–H groups in total. The van der Waals surface area contributed by atoms with Crippen LogP contribution in [-0.2, 0) is 0 Å². The average molecular weight is 262 g/mol. The molecule has 0 bridgehead atoms. The molecule has 0 aliphatic carbocycles.